The summed E-state index contributed by atoms with van der Waals surface area (Å²) in [7, 11) is 5.21. The molecular formula is C22H22Cl2N2O4. The zero-order valence-corrected chi connectivity index (χ0v) is 18.4. The monoisotopic (exact) mass is 448 g/mol. The molecular weight excluding hydrogens is 427 g/mol. The Balaban J connectivity index is 2.20. The van der Waals surface area contributed by atoms with Crippen molar-refractivity contribution >= 4 is 40.7 Å². The van der Waals surface area contributed by atoms with Crippen LogP contribution in [0.2, 0.25) is 10.0 Å². The molecule has 1 aliphatic rings. The van der Waals surface area contributed by atoms with Gasteiger partial charge in [0.2, 0.25) is 0 Å². The minimum atomic E-state index is -0.758. The van der Waals surface area contributed by atoms with Gasteiger partial charge < -0.3 is 19.6 Å². The predicted molar refractivity (Wildman–Crippen MR) is 117 cm³/mol. The van der Waals surface area contributed by atoms with Crippen LogP contribution in [-0.2, 0) is 9.59 Å². The standard InChI is InChI=1S/C22H22Cl2N2O4/c1-25(2)10-11-26-19(13-4-6-14(23)7-5-13)18(21(28)22(26)29)20(27)16-12-15(24)8-9-17(16)30-3/h4-9,12,19,27H,10-11H2,1-3H3/b20-18+. The zero-order valence-electron chi connectivity index (χ0n) is 16.9. The fourth-order valence-corrected chi connectivity index (χ4v) is 3.72. The number of nitrogens with zero attached hydrogens (tertiary/aromatic N) is 2. The number of likely N-dealkylation sites (N-methyl/N-ethyl adjacent to an activating group) is 1. The molecule has 30 heavy (non-hydrogen) atoms. The van der Waals surface area contributed by atoms with Gasteiger partial charge in [0.25, 0.3) is 11.7 Å². The van der Waals surface area contributed by atoms with E-state index in [4.69, 9.17) is 27.9 Å². The molecule has 8 heteroatoms. The molecule has 2 aromatic rings. The molecule has 0 saturated carbocycles. The van der Waals surface area contributed by atoms with Gasteiger partial charge in [-0.1, -0.05) is 35.3 Å². The molecule has 6 nitrogen and oxygen atoms in total. The number of likely N-dealkylation sites (tertiary alicyclic amines) is 1. The second-order valence-corrected chi connectivity index (χ2v) is 8.06. The molecule has 0 bridgehead atoms. The normalized spacial score (nSPS) is 18.3. The Morgan fingerprint density at radius 1 is 1.10 bits per heavy atom. The molecule has 1 aliphatic heterocycles. The van der Waals surface area contributed by atoms with E-state index in [-0.39, 0.29) is 16.9 Å². The molecule has 3 rings (SSSR count). The number of ether oxygens (including phenoxy) is 1. The van der Waals surface area contributed by atoms with Crippen LogP contribution in [0.3, 0.4) is 0 Å². The Hall–Kier alpha value is -2.54. The lowest BCUT2D eigenvalue weighted by Crippen LogP contribution is -2.35. The molecule has 1 atom stereocenters. The minimum absolute atomic E-state index is 0.0124. The Morgan fingerprint density at radius 3 is 2.33 bits per heavy atom. The van der Waals surface area contributed by atoms with Crippen molar-refractivity contribution in [3.05, 3.63) is 69.2 Å². The first kappa shape index (κ1) is 22.2. The fourth-order valence-electron chi connectivity index (χ4n) is 3.42. The number of rotatable bonds is 6. The third-order valence-corrected chi connectivity index (χ3v) is 5.42. The number of hydrogen-bond donors (Lipinski definition) is 1. The summed E-state index contributed by atoms with van der Waals surface area (Å²) in [5.74, 6) is -1.42. The Labute approximate surface area is 185 Å². The van der Waals surface area contributed by atoms with Crippen LogP contribution in [0, 0.1) is 0 Å². The van der Waals surface area contributed by atoms with E-state index < -0.39 is 17.7 Å². The van der Waals surface area contributed by atoms with E-state index in [1.807, 2.05) is 19.0 Å². The lowest BCUT2D eigenvalue weighted by atomic mass is 9.95. The van der Waals surface area contributed by atoms with Gasteiger partial charge in [0.15, 0.2) is 0 Å². The summed E-state index contributed by atoms with van der Waals surface area (Å²) >= 11 is 12.1. The van der Waals surface area contributed by atoms with Crippen LogP contribution in [0.5, 0.6) is 5.75 Å². The maximum Gasteiger partial charge on any atom is 0.295 e. The van der Waals surface area contributed by atoms with Crippen LogP contribution in [0.4, 0.5) is 0 Å². The summed E-state index contributed by atoms with van der Waals surface area (Å²) in [5.41, 5.74) is 0.899. The lowest BCUT2D eigenvalue weighted by molar-refractivity contribution is -0.140. The topological polar surface area (TPSA) is 70.1 Å². The molecule has 0 radical (unpaired) electrons. The average molecular weight is 449 g/mol. The number of Topliss-reactive ketones (excluding diaryl/α,β-unsaturated/α-hetero) is 1. The summed E-state index contributed by atoms with van der Waals surface area (Å²) < 4.78 is 5.32. The zero-order chi connectivity index (χ0) is 22.0. The van der Waals surface area contributed by atoms with E-state index in [0.717, 1.165) is 0 Å². The van der Waals surface area contributed by atoms with Gasteiger partial charge in [-0.2, -0.15) is 0 Å². The van der Waals surface area contributed by atoms with E-state index >= 15 is 0 Å². The Bertz CT molecular complexity index is 1000. The van der Waals surface area contributed by atoms with Crippen LogP contribution in [0.1, 0.15) is 17.2 Å². The molecule has 1 N–H and O–H groups in total. The van der Waals surface area contributed by atoms with Crippen LogP contribution < -0.4 is 4.74 Å². The van der Waals surface area contributed by atoms with E-state index in [1.54, 1.807) is 36.4 Å². The number of carbonyl (C=O) groups is 2. The van der Waals surface area contributed by atoms with E-state index in [1.165, 1.54) is 18.1 Å². The quantitative estimate of drug-likeness (QED) is 0.411. The molecule has 1 heterocycles. The van der Waals surface area contributed by atoms with Gasteiger partial charge in [-0.25, -0.2) is 0 Å². The van der Waals surface area contributed by atoms with Gasteiger partial charge in [0.1, 0.15) is 11.5 Å². The van der Waals surface area contributed by atoms with Gasteiger partial charge in [-0.05, 0) is 50.0 Å². The number of methoxy groups -OCH3 is 1. The van der Waals surface area contributed by atoms with Crippen molar-refractivity contribution in [2.45, 2.75) is 6.04 Å². The third kappa shape index (κ3) is 4.31. The molecule has 158 valence electrons. The number of aliphatic hydroxyl groups excluding tert-OH is 1. The number of halogens is 2. The number of benzene rings is 2. The highest BCUT2D eigenvalue weighted by Gasteiger charge is 2.46. The Kier molecular flexibility index (Phi) is 6.71. The number of hydrogen-bond acceptors (Lipinski definition) is 5. The average Bonchev–Trinajstić information content (AvgIpc) is 2.97. The number of ketones is 1. The first-order chi connectivity index (χ1) is 14.2. The maximum atomic E-state index is 13.0. The van der Waals surface area contributed by atoms with Gasteiger partial charge in [0, 0.05) is 23.1 Å². The van der Waals surface area contributed by atoms with Crippen LogP contribution in [0.25, 0.3) is 5.76 Å². The van der Waals surface area contributed by atoms with Crippen LogP contribution >= 0.6 is 23.2 Å². The van der Waals surface area contributed by atoms with Crippen molar-refractivity contribution in [3.63, 3.8) is 0 Å². The van der Waals surface area contributed by atoms with Crippen molar-refractivity contribution in [1.82, 2.24) is 9.80 Å². The highest BCUT2D eigenvalue weighted by molar-refractivity contribution is 6.46. The first-order valence-electron chi connectivity index (χ1n) is 9.27. The number of aliphatic hydroxyl groups is 1. The van der Waals surface area contributed by atoms with Crippen molar-refractivity contribution < 1.29 is 19.4 Å². The highest BCUT2D eigenvalue weighted by atomic mass is 35.5. The number of amides is 1. The molecule has 0 aromatic heterocycles. The smallest absolute Gasteiger partial charge is 0.295 e. The predicted octanol–water partition coefficient (Wildman–Crippen LogP) is 3.99. The molecule has 0 aliphatic carbocycles. The largest absolute Gasteiger partial charge is 0.507 e. The highest BCUT2D eigenvalue weighted by Crippen LogP contribution is 2.41. The summed E-state index contributed by atoms with van der Waals surface area (Å²) in [5, 5.41) is 12.0. The first-order valence-corrected chi connectivity index (χ1v) is 10.0. The van der Waals surface area contributed by atoms with Crippen molar-refractivity contribution in [2.75, 3.05) is 34.3 Å². The molecule has 2 aromatic carbocycles. The van der Waals surface area contributed by atoms with Crippen molar-refractivity contribution in [3.8, 4) is 5.75 Å². The van der Waals surface area contributed by atoms with Gasteiger partial charge in [-0.15, -0.1) is 0 Å². The van der Waals surface area contributed by atoms with E-state index in [0.29, 0.717) is 34.4 Å². The van der Waals surface area contributed by atoms with Gasteiger partial charge in [-0.3, -0.25) is 9.59 Å². The molecule has 1 saturated heterocycles. The second kappa shape index (κ2) is 9.08. The second-order valence-electron chi connectivity index (χ2n) is 7.19. The summed E-state index contributed by atoms with van der Waals surface area (Å²) in [4.78, 5) is 29.2. The fraction of sp³-hybridized carbons (Fsp3) is 0.273. The molecule has 0 spiro atoms. The van der Waals surface area contributed by atoms with Gasteiger partial charge in [0.05, 0.1) is 24.3 Å². The van der Waals surface area contributed by atoms with Crippen LogP contribution in [0.15, 0.2) is 48.0 Å². The summed E-state index contributed by atoms with van der Waals surface area (Å²) in [6.45, 7) is 0.867. The Morgan fingerprint density at radius 2 is 1.73 bits per heavy atom. The minimum Gasteiger partial charge on any atom is -0.507 e. The third-order valence-electron chi connectivity index (χ3n) is 4.93. The maximum absolute atomic E-state index is 13.0. The van der Waals surface area contributed by atoms with Crippen LogP contribution in [-0.4, -0.2) is 60.9 Å². The van der Waals surface area contributed by atoms with Crippen molar-refractivity contribution in [2.24, 2.45) is 0 Å². The van der Waals surface area contributed by atoms with Crippen molar-refractivity contribution in [1.29, 1.82) is 0 Å². The number of carbonyl (C=O) groups excluding carboxylic acids is 2. The molecule has 1 fully saturated rings. The van der Waals surface area contributed by atoms with E-state index in [9.17, 15) is 14.7 Å². The molecule has 1 amide bonds. The summed E-state index contributed by atoms with van der Waals surface area (Å²) in [6.07, 6.45) is 0. The lowest BCUT2D eigenvalue weighted by Gasteiger charge is -2.26. The summed E-state index contributed by atoms with van der Waals surface area (Å²) in [6, 6.07) is 10.8. The van der Waals surface area contributed by atoms with Gasteiger partial charge >= 0.3 is 0 Å². The van der Waals surface area contributed by atoms with E-state index in [2.05, 4.69) is 0 Å². The SMILES string of the molecule is COc1ccc(Cl)cc1/C(O)=C1\C(=O)C(=O)N(CCN(C)C)C1c1ccc(Cl)cc1. The molecule has 1 unspecified atom stereocenters.